The van der Waals surface area contributed by atoms with E-state index in [4.69, 9.17) is 5.73 Å². The van der Waals surface area contributed by atoms with Gasteiger partial charge in [0.1, 0.15) is 17.3 Å². The van der Waals surface area contributed by atoms with Crippen LogP contribution in [0.1, 0.15) is 29.7 Å². The van der Waals surface area contributed by atoms with Crippen molar-refractivity contribution in [1.82, 2.24) is 35.5 Å². The summed E-state index contributed by atoms with van der Waals surface area (Å²) < 4.78 is 0. The van der Waals surface area contributed by atoms with Crippen molar-refractivity contribution in [3.63, 3.8) is 0 Å². The number of benzene rings is 2. The number of carbonyl (C=O) groups excluding carboxylic acids is 1. The smallest absolute Gasteiger partial charge is 0.272 e. The second-order valence-electron chi connectivity index (χ2n) is 10.3. The van der Waals surface area contributed by atoms with Crippen molar-refractivity contribution in [1.29, 1.82) is 0 Å². The highest BCUT2D eigenvalue weighted by atomic mass is 16.3. The maximum atomic E-state index is 12.5. The second-order valence-corrected chi connectivity index (χ2v) is 10.3. The molecule has 12 heteroatoms. The molecule has 3 aromatic heterocycles. The van der Waals surface area contributed by atoms with E-state index in [0.717, 1.165) is 30.0 Å². The van der Waals surface area contributed by atoms with Crippen LogP contribution in [0.5, 0.6) is 5.75 Å². The van der Waals surface area contributed by atoms with Crippen molar-refractivity contribution in [3.05, 3.63) is 84.6 Å². The highest BCUT2D eigenvalue weighted by Crippen LogP contribution is 2.32. The molecule has 5 aromatic rings. The van der Waals surface area contributed by atoms with Crippen molar-refractivity contribution in [2.75, 3.05) is 41.7 Å². The Bertz CT molecular complexity index is 1890. The van der Waals surface area contributed by atoms with Crippen LogP contribution in [0.25, 0.3) is 22.3 Å². The number of aromatic nitrogens is 6. The molecule has 0 aliphatic carbocycles. The van der Waals surface area contributed by atoms with E-state index in [-0.39, 0.29) is 29.9 Å². The van der Waals surface area contributed by atoms with Crippen LogP contribution < -0.4 is 20.9 Å². The Kier molecular flexibility index (Phi) is 8.09. The Morgan fingerprint density at radius 3 is 2.70 bits per heavy atom. The zero-order chi connectivity index (χ0) is 30.5. The molecule has 1 aliphatic heterocycles. The zero-order valence-electron chi connectivity index (χ0n) is 24.1. The number of hydrogen-bond donors (Lipinski definition) is 3. The second kappa shape index (κ2) is 12.6. The van der Waals surface area contributed by atoms with Gasteiger partial charge in [-0.15, -0.1) is 10.2 Å². The number of nitrogens with two attached hydrogens (primary N) is 1. The first kappa shape index (κ1) is 28.3. The molecule has 0 spiro atoms. The van der Waals surface area contributed by atoms with Gasteiger partial charge in [0.2, 0.25) is 5.82 Å². The summed E-state index contributed by atoms with van der Waals surface area (Å²) in [5.41, 5.74) is 9.80. The van der Waals surface area contributed by atoms with Gasteiger partial charge >= 0.3 is 0 Å². The van der Waals surface area contributed by atoms with Crippen LogP contribution in [-0.4, -0.2) is 73.4 Å². The van der Waals surface area contributed by atoms with Gasteiger partial charge in [0, 0.05) is 37.4 Å². The van der Waals surface area contributed by atoms with Crippen LogP contribution in [-0.2, 0) is 0 Å². The summed E-state index contributed by atoms with van der Waals surface area (Å²) in [6.45, 7) is 4.38. The van der Waals surface area contributed by atoms with Crippen LogP contribution in [0, 0.1) is 11.8 Å². The van der Waals surface area contributed by atoms with E-state index in [9.17, 15) is 9.90 Å². The Labute approximate surface area is 254 Å². The number of para-hydroxylation sites is 3. The molecular weight excluding hydrogens is 556 g/mol. The topological polar surface area (TPSA) is 159 Å². The Balaban J connectivity index is 1.11. The average Bonchev–Trinajstić information content (AvgIpc) is 3.25. The van der Waals surface area contributed by atoms with E-state index in [0.29, 0.717) is 41.5 Å². The van der Waals surface area contributed by atoms with Crippen molar-refractivity contribution >= 4 is 34.3 Å². The Hall–Kier alpha value is -5.83. The number of nitrogens with zero attached hydrogens (tertiary/aromatic N) is 8. The van der Waals surface area contributed by atoms with Crippen molar-refractivity contribution in [2.24, 2.45) is 0 Å². The highest BCUT2D eigenvalue weighted by Gasteiger charge is 2.24. The summed E-state index contributed by atoms with van der Waals surface area (Å²) in [5, 5.41) is 21.4. The minimum Gasteiger partial charge on any atom is -0.507 e. The van der Waals surface area contributed by atoms with Crippen LogP contribution in [0.2, 0.25) is 0 Å². The maximum Gasteiger partial charge on any atom is 0.272 e. The summed E-state index contributed by atoms with van der Waals surface area (Å²) in [4.78, 5) is 34.6. The monoisotopic (exact) mass is 586 g/mol. The highest BCUT2D eigenvalue weighted by molar-refractivity contribution is 5.93. The molecule has 0 unspecified atom stereocenters. The molecule has 12 nitrogen and oxygen atoms in total. The minimum absolute atomic E-state index is 0.111. The third kappa shape index (κ3) is 6.17. The zero-order valence-corrected chi connectivity index (χ0v) is 24.1. The fourth-order valence-electron chi connectivity index (χ4n) is 5.08. The number of hydrogen-bond acceptors (Lipinski definition) is 11. The van der Waals surface area contributed by atoms with Gasteiger partial charge in [0.15, 0.2) is 5.82 Å². The van der Waals surface area contributed by atoms with Gasteiger partial charge in [-0.25, -0.2) is 15.0 Å². The average molecular weight is 587 g/mol. The lowest BCUT2D eigenvalue weighted by Gasteiger charge is -2.28. The maximum absolute atomic E-state index is 12.5. The number of phenolic OH excluding ortho intramolecular Hbond substituents is 1. The number of aromatic hydroxyl groups is 1. The first-order valence-electron chi connectivity index (χ1n) is 14.2. The van der Waals surface area contributed by atoms with Crippen molar-refractivity contribution < 1.29 is 9.90 Å². The van der Waals surface area contributed by atoms with E-state index in [1.54, 1.807) is 24.4 Å². The standard InChI is InChI=1S/C32H30N10O2/c1-21-13-16-41(27-19-25(39-40-31(27)33)22-7-2-5-10-28(22)43)17-18-42(21)30-12-15-34-29(38-30)11-6-14-35-32(44)26-20-36-23-8-3-4-9-24(23)37-26/h2-5,7-10,12,15,19-21,43H,13-14,16-18H2,1H3,(H2,33,40)(H,35,44)/t21-/m1/s1. The molecule has 1 aliphatic rings. The SMILES string of the molecule is C[C@@H]1CCN(c2cc(-c3ccccc3O)nnc2N)CCN1c1ccnc(C#CCNC(=O)c2cnc3ccccc3n2)n1. The van der Waals surface area contributed by atoms with Gasteiger partial charge in [0.25, 0.3) is 5.91 Å². The molecule has 4 heterocycles. The molecule has 1 amide bonds. The van der Waals surface area contributed by atoms with Gasteiger partial charge in [-0.3, -0.25) is 9.78 Å². The summed E-state index contributed by atoms with van der Waals surface area (Å²) in [6, 6.07) is 18.3. The third-order valence-corrected chi connectivity index (χ3v) is 7.44. The molecule has 0 bridgehead atoms. The Morgan fingerprint density at radius 2 is 1.84 bits per heavy atom. The van der Waals surface area contributed by atoms with E-state index in [1.807, 2.05) is 42.5 Å². The number of nitrogens with one attached hydrogen (secondary N) is 1. The Morgan fingerprint density at radius 1 is 1.02 bits per heavy atom. The number of nitrogen functional groups attached to an aromatic ring is 1. The number of fused-ring (bicyclic) bond motifs is 1. The van der Waals surface area contributed by atoms with E-state index in [1.165, 1.54) is 6.20 Å². The summed E-state index contributed by atoms with van der Waals surface area (Å²) in [6.07, 6.45) is 3.99. The third-order valence-electron chi connectivity index (χ3n) is 7.44. The normalized spacial score (nSPS) is 14.9. The molecule has 4 N–H and O–H groups in total. The molecular formula is C32H30N10O2. The summed E-state index contributed by atoms with van der Waals surface area (Å²) >= 11 is 0. The molecule has 0 saturated carbocycles. The van der Waals surface area contributed by atoms with Gasteiger partial charge in [0.05, 0.1) is 35.2 Å². The van der Waals surface area contributed by atoms with Crippen LogP contribution >= 0.6 is 0 Å². The molecule has 6 rings (SSSR count). The van der Waals surface area contributed by atoms with Crippen LogP contribution in [0.15, 0.2) is 73.1 Å². The largest absolute Gasteiger partial charge is 0.507 e. The number of anilines is 3. The number of phenols is 1. The molecule has 0 radical (unpaired) electrons. The van der Waals surface area contributed by atoms with Gasteiger partial charge < -0.3 is 26.0 Å². The lowest BCUT2D eigenvalue weighted by molar-refractivity contribution is 0.0953. The fourth-order valence-corrected chi connectivity index (χ4v) is 5.08. The predicted octanol–water partition coefficient (Wildman–Crippen LogP) is 3.05. The molecule has 1 fully saturated rings. The predicted molar refractivity (Wildman–Crippen MR) is 168 cm³/mol. The molecule has 2 aromatic carbocycles. The van der Waals surface area contributed by atoms with E-state index in [2.05, 4.69) is 64.0 Å². The molecule has 220 valence electrons. The molecule has 44 heavy (non-hydrogen) atoms. The minimum atomic E-state index is -0.354. The van der Waals surface area contributed by atoms with Gasteiger partial charge in [-0.2, -0.15) is 0 Å². The van der Waals surface area contributed by atoms with Crippen molar-refractivity contribution in [3.8, 4) is 28.8 Å². The fraction of sp³-hybridized carbons (Fsp3) is 0.219. The van der Waals surface area contributed by atoms with Gasteiger partial charge in [-0.05, 0) is 55.7 Å². The van der Waals surface area contributed by atoms with Crippen LogP contribution in [0.3, 0.4) is 0 Å². The lowest BCUT2D eigenvalue weighted by atomic mass is 10.1. The molecule has 1 saturated heterocycles. The number of amides is 1. The van der Waals surface area contributed by atoms with Crippen LogP contribution in [0.4, 0.5) is 17.3 Å². The van der Waals surface area contributed by atoms with E-state index < -0.39 is 0 Å². The van der Waals surface area contributed by atoms with E-state index >= 15 is 0 Å². The number of carbonyl (C=O) groups is 1. The first-order chi connectivity index (χ1) is 21.5. The first-order valence-corrected chi connectivity index (χ1v) is 14.2. The molecule has 1 atom stereocenters. The number of rotatable bonds is 5. The summed E-state index contributed by atoms with van der Waals surface area (Å²) in [7, 11) is 0. The quantitative estimate of drug-likeness (QED) is 0.260. The van der Waals surface area contributed by atoms with Gasteiger partial charge in [-0.1, -0.05) is 30.2 Å². The lowest BCUT2D eigenvalue weighted by Crippen LogP contribution is -2.35. The van der Waals surface area contributed by atoms with Crippen molar-refractivity contribution in [2.45, 2.75) is 19.4 Å². The summed E-state index contributed by atoms with van der Waals surface area (Å²) in [5.74, 6) is 7.13.